The molecule has 7 heteroatoms. The first-order chi connectivity index (χ1) is 13.4. The van der Waals surface area contributed by atoms with Crippen LogP contribution in [0.15, 0.2) is 54.6 Å². The average molecular weight is 423 g/mol. The highest BCUT2D eigenvalue weighted by Crippen LogP contribution is 2.17. The lowest BCUT2D eigenvalue weighted by atomic mass is 10.1. The average Bonchev–Trinajstić information content (AvgIpc) is 2.69. The molecule has 0 fully saturated rings. The van der Waals surface area contributed by atoms with Gasteiger partial charge in [0.2, 0.25) is 0 Å². The van der Waals surface area contributed by atoms with Crippen LogP contribution in [0, 0.1) is 0 Å². The molecule has 0 atom stereocenters. The van der Waals surface area contributed by atoms with Crippen LogP contribution in [0.5, 0.6) is 0 Å². The van der Waals surface area contributed by atoms with Crippen LogP contribution in [-0.4, -0.2) is 42.6 Å². The third kappa shape index (κ3) is 5.80. The lowest BCUT2D eigenvalue weighted by Crippen LogP contribution is -2.48. The summed E-state index contributed by atoms with van der Waals surface area (Å²) in [6.07, 6.45) is 1.79. The Labute approximate surface area is 173 Å². The second-order valence-corrected chi connectivity index (χ2v) is 8.82. The number of nitrogens with zero attached hydrogens (tertiary/aromatic N) is 2. The zero-order valence-electron chi connectivity index (χ0n) is 16.3. The van der Waals surface area contributed by atoms with E-state index >= 15 is 0 Å². The van der Waals surface area contributed by atoms with Crippen molar-refractivity contribution in [2.45, 2.75) is 33.1 Å². The fourth-order valence-electron chi connectivity index (χ4n) is 2.91. The van der Waals surface area contributed by atoms with Crippen molar-refractivity contribution in [3.8, 4) is 0 Å². The third-order valence-corrected chi connectivity index (χ3v) is 6.49. The van der Waals surface area contributed by atoms with Gasteiger partial charge in [-0.05, 0) is 49.1 Å². The van der Waals surface area contributed by atoms with E-state index < -0.39 is 16.1 Å². The van der Waals surface area contributed by atoms with Crippen LogP contribution in [0.2, 0.25) is 5.02 Å². The zero-order chi connectivity index (χ0) is 20.6. The lowest BCUT2D eigenvalue weighted by molar-refractivity contribution is 0.0854. The van der Waals surface area contributed by atoms with Gasteiger partial charge in [0.25, 0.3) is 5.91 Å². The number of hydrogen-bond donors (Lipinski definition) is 0. The SMILES string of the molecule is CCCN(CCC)S(=O)(=O)N(CCc1ccc(Cl)cc1)C(=O)c1ccccc1. The molecule has 0 unspecified atom stereocenters. The number of rotatable bonds is 10. The summed E-state index contributed by atoms with van der Waals surface area (Å²) in [7, 11) is -3.92. The highest BCUT2D eigenvalue weighted by molar-refractivity contribution is 7.87. The molecule has 0 saturated carbocycles. The molecule has 0 spiro atoms. The predicted octanol–water partition coefficient (Wildman–Crippen LogP) is 4.39. The lowest BCUT2D eigenvalue weighted by Gasteiger charge is -2.30. The molecule has 0 aromatic heterocycles. The first-order valence-corrected chi connectivity index (χ1v) is 11.3. The standard InChI is InChI=1S/C21H27ClN2O3S/c1-3-15-23(16-4-2)28(26,27)24(21(25)19-8-6-5-7-9-19)17-14-18-10-12-20(22)13-11-18/h5-13H,3-4,14-17H2,1-2H3. The number of carbonyl (C=O) groups is 1. The highest BCUT2D eigenvalue weighted by Gasteiger charge is 2.33. The van der Waals surface area contributed by atoms with Crippen LogP contribution in [0.1, 0.15) is 42.6 Å². The van der Waals surface area contributed by atoms with Gasteiger partial charge in [0.15, 0.2) is 0 Å². The Morgan fingerprint density at radius 2 is 1.46 bits per heavy atom. The van der Waals surface area contributed by atoms with E-state index in [0.717, 1.165) is 9.87 Å². The van der Waals surface area contributed by atoms with Crippen LogP contribution < -0.4 is 0 Å². The Morgan fingerprint density at radius 1 is 0.893 bits per heavy atom. The molecule has 0 aliphatic carbocycles. The maximum Gasteiger partial charge on any atom is 0.306 e. The first kappa shape index (κ1) is 22.4. The van der Waals surface area contributed by atoms with Crippen LogP contribution in [0.25, 0.3) is 0 Å². The maximum atomic E-state index is 13.3. The van der Waals surface area contributed by atoms with Gasteiger partial charge in [-0.1, -0.05) is 55.8 Å². The van der Waals surface area contributed by atoms with Crippen LogP contribution in [0.4, 0.5) is 0 Å². The monoisotopic (exact) mass is 422 g/mol. The Kier molecular flexibility index (Phi) is 8.48. The van der Waals surface area contributed by atoms with E-state index in [2.05, 4.69) is 0 Å². The summed E-state index contributed by atoms with van der Waals surface area (Å²) >= 11 is 5.92. The molecule has 2 rings (SSSR count). The topological polar surface area (TPSA) is 57.7 Å². The van der Waals surface area contributed by atoms with Crippen molar-refractivity contribution in [2.75, 3.05) is 19.6 Å². The second kappa shape index (κ2) is 10.6. The van der Waals surface area contributed by atoms with Crippen LogP contribution in [0.3, 0.4) is 0 Å². The normalized spacial score (nSPS) is 11.6. The fraction of sp³-hybridized carbons (Fsp3) is 0.381. The van der Waals surface area contributed by atoms with E-state index in [1.807, 2.05) is 26.0 Å². The van der Waals surface area contributed by atoms with E-state index in [0.29, 0.717) is 42.9 Å². The van der Waals surface area contributed by atoms with E-state index in [1.165, 1.54) is 4.31 Å². The molecule has 0 bridgehead atoms. The van der Waals surface area contributed by atoms with Gasteiger partial charge >= 0.3 is 10.2 Å². The van der Waals surface area contributed by atoms with Crippen molar-refractivity contribution >= 4 is 27.7 Å². The number of carbonyl (C=O) groups excluding carboxylic acids is 1. The summed E-state index contributed by atoms with van der Waals surface area (Å²) in [6, 6.07) is 15.7. The summed E-state index contributed by atoms with van der Waals surface area (Å²) in [5.41, 5.74) is 1.28. The van der Waals surface area contributed by atoms with Crippen molar-refractivity contribution in [3.05, 3.63) is 70.7 Å². The molecule has 28 heavy (non-hydrogen) atoms. The second-order valence-electron chi connectivity index (χ2n) is 6.53. The molecule has 2 aromatic rings. The number of amides is 1. The Bertz CT molecular complexity index is 849. The molecule has 0 heterocycles. The van der Waals surface area contributed by atoms with Gasteiger partial charge < -0.3 is 0 Å². The van der Waals surface area contributed by atoms with Gasteiger partial charge in [0.1, 0.15) is 0 Å². The summed E-state index contributed by atoms with van der Waals surface area (Å²) in [4.78, 5) is 13.1. The number of hydrogen-bond acceptors (Lipinski definition) is 3. The molecule has 2 aromatic carbocycles. The van der Waals surface area contributed by atoms with Crippen molar-refractivity contribution in [3.63, 3.8) is 0 Å². The Morgan fingerprint density at radius 3 is 2.00 bits per heavy atom. The van der Waals surface area contributed by atoms with Gasteiger partial charge in [-0.3, -0.25) is 4.79 Å². The van der Waals surface area contributed by atoms with Gasteiger partial charge in [0.05, 0.1) is 0 Å². The smallest absolute Gasteiger partial charge is 0.268 e. The van der Waals surface area contributed by atoms with Crippen molar-refractivity contribution in [1.82, 2.24) is 8.61 Å². The Hall–Kier alpha value is -1.89. The predicted molar refractivity (Wildman–Crippen MR) is 114 cm³/mol. The van der Waals surface area contributed by atoms with Gasteiger partial charge in [-0.2, -0.15) is 12.7 Å². The summed E-state index contributed by atoms with van der Waals surface area (Å²) < 4.78 is 29.0. The van der Waals surface area contributed by atoms with Gasteiger partial charge in [-0.25, -0.2) is 4.31 Å². The fourth-order valence-corrected chi connectivity index (χ4v) is 4.78. The van der Waals surface area contributed by atoms with Crippen molar-refractivity contribution in [2.24, 2.45) is 0 Å². The molecule has 0 N–H and O–H groups in total. The Balaban J connectivity index is 2.33. The molecule has 0 aliphatic heterocycles. The molecule has 0 saturated heterocycles. The van der Waals surface area contributed by atoms with Crippen molar-refractivity contribution < 1.29 is 13.2 Å². The molecule has 0 aliphatic rings. The van der Waals surface area contributed by atoms with E-state index in [1.54, 1.807) is 42.5 Å². The van der Waals surface area contributed by atoms with Crippen LogP contribution >= 0.6 is 11.6 Å². The molecular weight excluding hydrogens is 396 g/mol. The number of benzene rings is 2. The molecule has 1 amide bonds. The highest BCUT2D eigenvalue weighted by atomic mass is 35.5. The first-order valence-electron chi connectivity index (χ1n) is 9.51. The van der Waals surface area contributed by atoms with Crippen molar-refractivity contribution in [1.29, 1.82) is 0 Å². The molecule has 152 valence electrons. The summed E-state index contributed by atoms with van der Waals surface area (Å²) in [6.45, 7) is 4.69. The zero-order valence-corrected chi connectivity index (χ0v) is 17.9. The maximum absolute atomic E-state index is 13.3. The molecule has 0 radical (unpaired) electrons. The van der Waals surface area contributed by atoms with Crippen LogP contribution in [-0.2, 0) is 16.6 Å². The quantitative estimate of drug-likeness (QED) is 0.570. The minimum Gasteiger partial charge on any atom is -0.268 e. The molecule has 5 nitrogen and oxygen atoms in total. The number of halogens is 1. The largest absolute Gasteiger partial charge is 0.306 e. The third-order valence-electron chi connectivity index (χ3n) is 4.31. The summed E-state index contributed by atoms with van der Waals surface area (Å²) in [5, 5.41) is 0.616. The molecular formula is C21H27ClN2O3S. The van der Waals surface area contributed by atoms with E-state index in [9.17, 15) is 13.2 Å². The minimum atomic E-state index is -3.92. The minimum absolute atomic E-state index is 0.0711. The summed E-state index contributed by atoms with van der Waals surface area (Å²) in [5.74, 6) is -0.508. The van der Waals surface area contributed by atoms with Gasteiger partial charge in [0, 0.05) is 30.2 Å². The van der Waals surface area contributed by atoms with E-state index in [-0.39, 0.29) is 6.54 Å². The van der Waals surface area contributed by atoms with Gasteiger partial charge in [-0.15, -0.1) is 0 Å². The van der Waals surface area contributed by atoms with E-state index in [4.69, 9.17) is 11.6 Å².